The molecule has 0 aliphatic carbocycles. The van der Waals surface area contributed by atoms with Crippen LogP contribution in [0.2, 0.25) is 0 Å². The highest BCUT2D eigenvalue weighted by Crippen LogP contribution is 2.19. The highest BCUT2D eigenvalue weighted by molar-refractivity contribution is 5.81. The number of carbonyl (C=O) groups is 1. The van der Waals surface area contributed by atoms with Crippen molar-refractivity contribution in [3.8, 4) is 0 Å². The lowest BCUT2D eigenvalue weighted by molar-refractivity contribution is -0.139. The molecule has 0 heterocycles. The zero-order valence-corrected chi connectivity index (χ0v) is 12.0. The zero-order valence-electron chi connectivity index (χ0n) is 12.0. The Morgan fingerprint density at radius 1 is 1.00 bits per heavy atom. The van der Waals surface area contributed by atoms with Crippen molar-refractivity contribution in [1.82, 2.24) is 5.32 Å². The van der Waals surface area contributed by atoms with E-state index >= 15 is 0 Å². The smallest absolute Gasteiger partial charge is 0.249 e. The predicted octanol–water partition coefficient (Wildman–Crippen LogP) is -4.08. The van der Waals surface area contributed by atoms with E-state index in [1.54, 1.807) is 0 Å². The fourth-order valence-corrected chi connectivity index (χ4v) is 1.43. The standard InChI is InChI=1S/C12H25NO8/c1-12(2,5-15)10(20)11(21)13-3-6(16)8(18)9(19)7(17)4-14/h6-10,14-20H,3-5H2,1-2H3,(H,13,21)/t6-,7+,8+,9-,10-/m0/s1. The Balaban J connectivity index is 4.42. The molecule has 5 atom stereocenters. The third-order valence-corrected chi connectivity index (χ3v) is 3.21. The van der Waals surface area contributed by atoms with Gasteiger partial charge in [-0.1, -0.05) is 13.8 Å². The summed E-state index contributed by atoms with van der Waals surface area (Å²) in [6, 6.07) is 0. The van der Waals surface area contributed by atoms with Gasteiger partial charge in [-0.15, -0.1) is 0 Å². The molecule has 126 valence electrons. The van der Waals surface area contributed by atoms with Gasteiger partial charge in [-0.05, 0) is 0 Å². The fraction of sp³-hybridized carbons (Fsp3) is 0.917. The van der Waals surface area contributed by atoms with E-state index in [4.69, 9.17) is 15.3 Å². The van der Waals surface area contributed by atoms with Crippen molar-refractivity contribution in [3.05, 3.63) is 0 Å². The van der Waals surface area contributed by atoms with Crippen LogP contribution in [0.3, 0.4) is 0 Å². The predicted molar refractivity (Wildman–Crippen MR) is 71.0 cm³/mol. The molecule has 0 aromatic carbocycles. The van der Waals surface area contributed by atoms with E-state index in [9.17, 15) is 25.2 Å². The van der Waals surface area contributed by atoms with Crippen LogP contribution in [0.1, 0.15) is 13.8 Å². The van der Waals surface area contributed by atoms with Crippen molar-refractivity contribution in [2.45, 2.75) is 44.4 Å². The number of amides is 1. The van der Waals surface area contributed by atoms with Crippen LogP contribution in [0.4, 0.5) is 0 Å². The Hall–Kier alpha value is -0.810. The van der Waals surface area contributed by atoms with E-state index < -0.39 is 61.6 Å². The fourth-order valence-electron chi connectivity index (χ4n) is 1.43. The van der Waals surface area contributed by atoms with E-state index in [-0.39, 0.29) is 0 Å². The largest absolute Gasteiger partial charge is 0.396 e. The summed E-state index contributed by atoms with van der Waals surface area (Å²) in [4.78, 5) is 11.6. The SMILES string of the molecule is CC(C)(CO)[C@@H](O)C(=O)NC[C@H](O)[C@@H](O)[C@@H](O)[C@H](O)CO. The maximum atomic E-state index is 11.6. The van der Waals surface area contributed by atoms with Crippen LogP contribution >= 0.6 is 0 Å². The normalized spacial score (nSPS) is 19.5. The first kappa shape index (κ1) is 20.2. The molecule has 9 heteroatoms. The van der Waals surface area contributed by atoms with Gasteiger partial charge in [-0.25, -0.2) is 0 Å². The van der Waals surface area contributed by atoms with Crippen LogP contribution in [0.25, 0.3) is 0 Å². The Labute approximate surface area is 122 Å². The lowest BCUT2D eigenvalue weighted by Crippen LogP contribution is -2.52. The van der Waals surface area contributed by atoms with Gasteiger partial charge in [0.15, 0.2) is 0 Å². The van der Waals surface area contributed by atoms with Crippen molar-refractivity contribution in [3.63, 3.8) is 0 Å². The maximum absolute atomic E-state index is 11.6. The minimum Gasteiger partial charge on any atom is -0.396 e. The number of hydrogen-bond donors (Lipinski definition) is 8. The Bertz CT molecular complexity index is 324. The molecule has 0 aromatic rings. The van der Waals surface area contributed by atoms with Crippen LogP contribution in [0, 0.1) is 5.41 Å². The van der Waals surface area contributed by atoms with Crippen LogP contribution in [-0.2, 0) is 4.79 Å². The molecule has 1 amide bonds. The Morgan fingerprint density at radius 2 is 1.48 bits per heavy atom. The van der Waals surface area contributed by atoms with Crippen molar-refractivity contribution in [1.29, 1.82) is 0 Å². The summed E-state index contributed by atoms with van der Waals surface area (Å²) in [5, 5.41) is 67.1. The van der Waals surface area contributed by atoms with Gasteiger partial charge in [0.1, 0.15) is 24.4 Å². The summed E-state index contributed by atoms with van der Waals surface area (Å²) in [5.74, 6) is -0.863. The summed E-state index contributed by atoms with van der Waals surface area (Å²) < 4.78 is 0. The monoisotopic (exact) mass is 311 g/mol. The molecule has 0 unspecified atom stereocenters. The topological polar surface area (TPSA) is 171 Å². The second-order valence-electron chi connectivity index (χ2n) is 5.59. The molecule has 0 saturated carbocycles. The van der Waals surface area contributed by atoms with Gasteiger partial charge in [-0.3, -0.25) is 4.79 Å². The Kier molecular flexibility index (Phi) is 8.26. The molecule has 21 heavy (non-hydrogen) atoms. The summed E-state index contributed by atoms with van der Waals surface area (Å²) in [5.41, 5.74) is -1.08. The molecule has 0 rings (SSSR count). The number of nitrogens with one attached hydrogen (secondary N) is 1. The van der Waals surface area contributed by atoms with Crippen molar-refractivity contribution in [2.24, 2.45) is 5.41 Å². The van der Waals surface area contributed by atoms with E-state index in [1.165, 1.54) is 13.8 Å². The van der Waals surface area contributed by atoms with Gasteiger partial charge in [0.2, 0.25) is 5.91 Å². The summed E-state index contributed by atoms with van der Waals surface area (Å²) in [6.07, 6.45) is -8.37. The number of hydrogen-bond acceptors (Lipinski definition) is 8. The minimum atomic E-state index is -1.80. The van der Waals surface area contributed by atoms with Gasteiger partial charge in [0, 0.05) is 12.0 Å². The van der Waals surface area contributed by atoms with Crippen molar-refractivity contribution >= 4 is 5.91 Å². The molecule has 9 nitrogen and oxygen atoms in total. The first-order valence-electron chi connectivity index (χ1n) is 6.48. The molecule has 0 aliphatic heterocycles. The molecular formula is C12H25NO8. The number of carbonyl (C=O) groups excluding carboxylic acids is 1. The van der Waals surface area contributed by atoms with Gasteiger partial charge < -0.3 is 41.1 Å². The average Bonchev–Trinajstić information content (AvgIpc) is 2.48. The quantitative estimate of drug-likeness (QED) is 0.212. The summed E-state index contributed by atoms with van der Waals surface area (Å²) in [7, 11) is 0. The van der Waals surface area contributed by atoms with Crippen molar-refractivity contribution in [2.75, 3.05) is 19.8 Å². The van der Waals surface area contributed by atoms with E-state index in [2.05, 4.69) is 5.32 Å². The molecule has 0 bridgehead atoms. The minimum absolute atomic E-state index is 0.436. The third-order valence-electron chi connectivity index (χ3n) is 3.21. The van der Waals surface area contributed by atoms with Crippen LogP contribution in [0.15, 0.2) is 0 Å². The lowest BCUT2D eigenvalue weighted by atomic mass is 9.87. The molecule has 0 fully saturated rings. The maximum Gasteiger partial charge on any atom is 0.249 e. The molecule has 8 N–H and O–H groups in total. The summed E-state index contributed by atoms with van der Waals surface area (Å²) in [6.45, 7) is 1.19. The molecule has 0 aromatic heterocycles. The molecule has 0 spiro atoms. The first-order valence-corrected chi connectivity index (χ1v) is 6.48. The highest BCUT2D eigenvalue weighted by Gasteiger charge is 2.34. The average molecular weight is 311 g/mol. The van der Waals surface area contributed by atoms with Gasteiger partial charge in [0.25, 0.3) is 0 Å². The number of aliphatic hydroxyl groups excluding tert-OH is 7. The summed E-state index contributed by atoms with van der Waals surface area (Å²) >= 11 is 0. The molecule has 0 aliphatic rings. The van der Waals surface area contributed by atoms with E-state index in [0.717, 1.165) is 0 Å². The molecular weight excluding hydrogens is 286 g/mol. The Morgan fingerprint density at radius 3 is 1.90 bits per heavy atom. The van der Waals surface area contributed by atoms with Crippen LogP contribution in [0.5, 0.6) is 0 Å². The van der Waals surface area contributed by atoms with Crippen LogP contribution < -0.4 is 5.32 Å². The zero-order chi connectivity index (χ0) is 16.8. The first-order chi connectivity index (χ1) is 9.58. The number of rotatable bonds is 9. The third kappa shape index (κ3) is 5.83. The molecule has 0 saturated heterocycles. The van der Waals surface area contributed by atoms with Crippen molar-refractivity contribution < 1.29 is 40.5 Å². The highest BCUT2D eigenvalue weighted by atomic mass is 16.4. The second kappa shape index (κ2) is 8.59. The van der Waals surface area contributed by atoms with Gasteiger partial charge in [-0.2, -0.15) is 0 Å². The lowest BCUT2D eigenvalue weighted by Gasteiger charge is -2.29. The number of aliphatic hydroxyl groups is 7. The second-order valence-corrected chi connectivity index (χ2v) is 5.59. The molecule has 0 radical (unpaired) electrons. The van der Waals surface area contributed by atoms with Gasteiger partial charge in [0.05, 0.1) is 19.3 Å². The van der Waals surface area contributed by atoms with Gasteiger partial charge >= 0.3 is 0 Å². The van der Waals surface area contributed by atoms with E-state index in [0.29, 0.717) is 0 Å². The van der Waals surface area contributed by atoms with Crippen LogP contribution in [-0.4, -0.2) is 91.9 Å². The van der Waals surface area contributed by atoms with E-state index in [1.807, 2.05) is 0 Å².